The molecule has 2 heteroatoms. The summed E-state index contributed by atoms with van der Waals surface area (Å²) in [4.78, 5) is 9.69. The maximum atomic E-state index is 5.11. The standard InChI is InChI=1S/C20H20N2/c1-11-15-10-16(20(15,2)3)14-9-13-7-6-12-5-4-8-21-18(12)19(13)22-17(11)14/h4-9,11,15-16H,10H2,1-3H3/t11-,15+,16-/m1/s1. The Labute approximate surface area is 130 Å². The topological polar surface area (TPSA) is 25.8 Å². The van der Waals surface area contributed by atoms with Gasteiger partial charge in [-0.05, 0) is 41.4 Å². The zero-order valence-corrected chi connectivity index (χ0v) is 13.3. The second-order valence-corrected chi connectivity index (χ2v) is 7.68. The van der Waals surface area contributed by atoms with Gasteiger partial charge < -0.3 is 0 Å². The van der Waals surface area contributed by atoms with Gasteiger partial charge in [0.2, 0.25) is 0 Å². The molecule has 0 N–H and O–H groups in total. The fourth-order valence-corrected chi connectivity index (χ4v) is 4.98. The van der Waals surface area contributed by atoms with E-state index in [0.29, 0.717) is 17.3 Å². The largest absolute Gasteiger partial charge is 0.254 e. The van der Waals surface area contributed by atoms with Gasteiger partial charge in [0.05, 0.1) is 11.0 Å². The molecule has 2 nitrogen and oxygen atoms in total. The predicted molar refractivity (Wildman–Crippen MR) is 90.1 cm³/mol. The molecule has 0 radical (unpaired) electrons. The second-order valence-electron chi connectivity index (χ2n) is 7.68. The van der Waals surface area contributed by atoms with Crippen LogP contribution in [0.1, 0.15) is 50.3 Å². The van der Waals surface area contributed by atoms with Gasteiger partial charge in [0.15, 0.2) is 0 Å². The van der Waals surface area contributed by atoms with Crippen molar-refractivity contribution in [3.8, 4) is 0 Å². The number of benzene rings is 1. The Bertz CT molecular complexity index is 926. The highest BCUT2D eigenvalue weighted by molar-refractivity contribution is 6.02. The lowest BCUT2D eigenvalue weighted by Crippen LogP contribution is -2.50. The van der Waals surface area contributed by atoms with Crippen LogP contribution in [0.2, 0.25) is 0 Å². The minimum atomic E-state index is 0.427. The summed E-state index contributed by atoms with van der Waals surface area (Å²) in [6.07, 6.45) is 3.20. The lowest BCUT2D eigenvalue weighted by molar-refractivity contribution is -0.00250. The van der Waals surface area contributed by atoms with Crippen LogP contribution in [0.5, 0.6) is 0 Å². The number of nitrogens with zero attached hydrogens (tertiary/aromatic N) is 2. The number of hydrogen-bond donors (Lipinski definition) is 0. The number of fused-ring (bicyclic) bond motifs is 3. The van der Waals surface area contributed by atoms with Crippen molar-refractivity contribution in [1.29, 1.82) is 0 Å². The lowest BCUT2D eigenvalue weighted by atomic mass is 9.45. The van der Waals surface area contributed by atoms with Crippen molar-refractivity contribution in [2.24, 2.45) is 11.3 Å². The van der Waals surface area contributed by atoms with Gasteiger partial charge in [-0.15, -0.1) is 0 Å². The summed E-state index contributed by atoms with van der Waals surface area (Å²) >= 11 is 0. The van der Waals surface area contributed by atoms with E-state index < -0.39 is 0 Å². The first-order valence-corrected chi connectivity index (χ1v) is 8.25. The molecular formula is C20H20N2. The molecule has 2 bridgehead atoms. The summed E-state index contributed by atoms with van der Waals surface area (Å²) in [5.41, 5.74) is 5.35. The first kappa shape index (κ1) is 12.6. The summed E-state index contributed by atoms with van der Waals surface area (Å²) in [7, 11) is 0. The Kier molecular flexibility index (Phi) is 2.21. The minimum absolute atomic E-state index is 0.427. The maximum absolute atomic E-state index is 5.11. The van der Waals surface area contributed by atoms with Gasteiger partial charge >= 0.3 is 0 Å². The normalized spacial score (nSPS) is 28.4. The van der Waals surface area contributed by atoms with Crippen LogP contribution in [-0.4, -0.2) is 9.97 Å². The van der Waals surface area contributed by atoms with Crippen molar-refractivity contribution < 1.29 is 0 Å². The summed E-state index contributed by atoms with van der Waals surface area (Å²) in [6.45, 7) is 7.22. The molecule has 1 aromatic carbocycles. The fourth-order valence-electron chi connectivity index (χ4n) is 4.98. The molecule has 110 valence electrons. The van der Waals surface area contributed by atoms with E-state index in [-0.39, 0.29) is 0 Å². The van der Waals surface area contributed by atoms with Gasteiger partial charge in [0, 0.05) is 28.6 Å². The molecule has 0 spiro atoms. The van der Waals surface area contributed by atoms with Crippen molar-refractivity contribution >= 4 is 21.8 Å². The lowest BCUT2D eigenvalue weighted by Gasteiger charge is -2.59. The molecule has 0 unspecified atom stereocenters. The summed E-state index contributed by atoms with van der Waals surface area (Å²) < 4.78 is 0. The molecule has 2 heterocycles. The molecule has 1 fully saturated rings. The summed E-state index contributed by atoms with van der Waals surface area (Å²) in [5, 5.41) is 2.41. The van der Waals surface area contributed by atoms with E-state index >= 15 is 0 Å². The van der Waals surface area contributed by atoms with Crippen LogP contribution in [0.4, 0.5) is 0 Å². The molecule has 3 aromatic rings. The van der Waals surface area contributed by atoms with Crippen LogP contribution in [0.25, 0.3) is 21.8 Å². The molecule has 3 atom stereocenters. The Balaban J connectivity index is 1.85. The Morgan fingerprint density at radius 1 is 1.09 bits per heavy atom. The SMILES string of the molecule is C[C@H]1c2nc3c(ccc4cccnc43)cc2[C@H]2C[C@@H]1C2(C)C. The van der Waals surface area contributed by atoms with Gasteiger partial charge in [-0.25, -0.2) is 4.98 Å². The third-order valence-corrected chi connectivity index (χ3v) is 6.37. The van der Waals surface area contributed by atoms with Gasteiger partial charge in [-0.3, -0.25) is 4.98 Å². The highest BCUT2D eigenvalue weighted by Crippen LogP contribution is 2.66. The van der Waals surface area contributed by atoms with E-state index in [2.05, 4.69) is 50.0 Å². The number of hydrogen-bond acceptors (Lipinski definition) is 2. The Morgan fingerprint density at radius 2 is 1.91 bits per heavy atom. The smallest absolute Gasteiger partial charge is 0.0968 e. The number of aromatic nitrogens is 2. The Morgan fingerprint density at radius 3 is 2.73 bits per heavy atom. The van der Waals surface area contributed by atoms with Crippen LogP contribution in [0.3, 0.4) is 0 Å². The third kappa shape index (κ3) is 1.36. The van der Waals surface area contributed by atoms with E-state index in [4.69, 9.17) is 4.98 Å². The zero-order valence-electron chi connectivity index (χ0n) is 13.3. The maximum Gasteiger partial charge on any atom is 0.0968 e. The number of pyridine rings is 2. The summed E-state index contributed by atoms with van der Waals surface area (Å²) in [6, 6.07) is 10.9. The predicted octanol–water partition coefficient (Wildman–Crippen LogP) is 5.03. The highest BCUT2D eigenvalue weighted by atomic mass is 14.8. The molecule has 0 amide bonds. The molecule has 0 aliphatic heterocycles. The van der Waals surface area contributed by atoms with Gasteiger partial charge in [-0.2, -0.15) is 0 Å². The average molecular weight is 288 g/mol. The average Bonchev–Trinajstić information content (AvgIpc) is 2.52. The van der Waals surface area contributed by atoms with E-state index in [0.717, 1.165) is 17.0 Å². The first-order valence-electron chi connectivity index (χ1n) is 8.25. The molecule has 6 rings (SSSR count). The van der Waals surface area contributed by atoms with Crippen molar-refractivity contribution in [2.75, 3.05) is 0 Å². The van der Waals surface area contributed by atoms with Crippen LogP contribution in [0.15, 0.2) is 36.5 Å². The van der Waals surface area contributed by atoms with Crippen LogP contribution in [0, 0.1) is 11.3 Å². The van der Waals surface area contributed by atoms with Crippen molar-refractivity contribution in [1.82, 2.24) is 9.97 Å². The van der Waals surface area contributed by atoms with Gasteiger partial charge in [0.25, 0.3) is 0 Å². The van der Waals surface area contributed by atoms with E-state index in [1.54, 1.807) is 0 Å². The van der Waals surface area contributed by atoms with Crippen LogP contribution in [-0.2, 0) is 0 Å². The van der Waals surface area contributed by atoms with Crippen molar-refractivity contribution in [3.63, 3.8) is 0 Å². The monoisotopic (exact) mass is 288 g/mol. The Hall–Kier alpha value is -1.96. The summed E-state index contributed by atoms with van der Waals surface area (Å²) in [5.74, 6) is 2.01. The molecule has 1 saturated carbocycles. The second kappa shape index (κ2) is 3.87. The minimum Gasteiger partial charge on any atom is -0.254 e. The van der Waals surface area contributed by atoms with E-state index in [1.807, 2.05) is 12.3 Å². The zero-order chi connectivity index (χ0) is 15.1. The van der Waals surface area contributed by atoms with Crippen LogP contribution < -0.4 is 0 Å². The molecule has 0 saturated heterocycles. The van der Waals surface area contributed by atoms with Gasteiger partial charge in [-0.1, -0.05) is 39.0 Å². The quantitative estimate of drug-likeness (QED) is 0.542. The van der Waals surface area contributed by atoms with E-state index in [1.165, 1.54) is 28.5 Å². The molecule has 3 aliphatic rings. The molecular weight excluding hydrogens is 268 g/mol. The molecule has 2 aromatic heterocycles. The first-order chi connectivity index (χ1) is 10.6. The van der Waals surface area contributed by atoms with Crippen molar-refractivity contribution in [3.05, 3.63) is 47.8 Å². The fraction of sp³-hybridized carbons (Fsp3) is 0.400. The molecule has 22 heavy (non-hydrogen) atoms. The third-order valence-electron chi connectivity index (χ3n) is 6.37. The number of rotatable bonds is 0. The van der Waals surface area contributed by atoms with E-state index in [9.17, 15) is 0 Å². The van der Waals surface area contributed by atoms with Gasteiger partial charge in [0.1, 0.15) is 0 Å². The highest BCUT2D eigenvalue weighted by Gasteiger charge is 2.56. The molecule has 3 aliphatic carbocycles. The van der Waals surface area contributed by atoms with Crippen molar-refractivity contribution in [2.45, 2.75) is 39.0 Å². The van der Waals surface area contributed by atoms with Crippen LogP contribution >= 0.6 is 0 Å².